The van der Waals surface area contributed by atoms with Gasteiger partial charge in [-0.05, 0) is 12.3 Å². The Bertz CT molecular complexity index is 206. The third kappa shape index (κ3) is 2.00. The SMILES string of the molecule is COC1=CC(=O)OC1CC(C)C. The van der Waals surface area contributed by atoms with Crippen molar-refractivity contribution in [2.45, 2.75) is 26.4 Å². The normalized spacial score (nSPS) is 22.5. The minimum atomic E-state index is -0.294. The van der Waals surface area contributed by atoms with Gasteiger partial charge in [-0.3, -0.25) is 0 Å². The number of hydrogen-bond acceptors (Lipinski definition) is 3. The smallest absolute Gasteiger partial charge is 0.335 e. The van der Waals surface area contributed by atoms with E-state index in [-0.39, 0.29) is 12.1 Å². The van der Waals surface area contributed by atoms with E-state index in [1.54, 1.807) is 7.11 Å². The summed E-state index contributed by atoms with van der Waals surface area (Å²) in [6, 6.07) is 0. The molecule has 1 aliphatic heterocycles. The van der Waals surface area contributed by atoms with Crippen LogP contribution in [0, 0.1) is 5.92 Å². The van der Waals surface area contributed by atoms with Crippen molar-refractivity contribution < 1.29 is 14.3 Å². The summed E-state index contributed by atoms with van der Waals surface area (Å²) in [7, 11) is 1.56. The van der Waals surface area contributed by atoms with Crippen LogP contribution in [0.15, 0.2) is 11.8 Å². The molecule has 0 spiro atoms. The molecule has 3 heteroatoms. The first-order valence-corrected chi connectivity index (χ1v) is 4.09. The third-order valence-electron chi connectivity index (χ3n) is 1.76. The molecule has 1 aliphatic rings. The fourth-order valence-corrected chi connectivity index (χ4v) is 1.22. The minimum Gasteiger partial charge on any atom is -0.497 e. The number of cyclic esters (lactones) is 1. The molecule has 1 atom stereocenters. The molecule has 1 rings (SSSR count). The Morgan fingerprint density at radius 1 is 1.67 bits per heavy atom. The summed E-state index contributed by atoms with van der Waals surface area (Å²) in [5.41, 5.74) is 0. The van der Waals surface area contributed by atoms with Crippen LogP contribution < -0.4 is 0 Å². The van der Waals surface area contributed by atoms with Gasteiger partial charge >= 0.3 is 5.97 Å². The van der Waals surface area contributed by atoms with Crippen molar-refractivity contribution in [2.75, 3.05) is 7.11 Å². The van der Waals surface area contributed by atoms with Crippen molar-refractivity contribution in [1.82, 2.24) is 0 Å². The van der Waals surface area contributed by atoms with Crippen LogP contribution in [0.1, 0.15) is 20.3 Å². The average molecular weight is 170 g/mol. The first-order chi connectivity index (χ1) is 5.63. The van der Waals surface area contributed by atoms with Crippen molar-refractivity contribution in [3.05, 3.63) is 11.8 Å². The third-order valence-corrected chi connectivity index (χ3v) is 1.76. The topological polar surface area (TPSA) is 35.5 Å². The van der Waals surface area contributed by atoms with Gasteiger partial charge in [-0.1, -0.05) is 13.8 Å². The molecule has 0 amide bonds. The molecule has 0 bridgehead atoms. The lowest BCUT2D eigenvalue weighted by Gasteiger charge is -2.14. The van der Waals surface area contributed by atoms with Crippen LogP contribution in [0.5, 0.6) is 0 Å². The van der Waals surface area contributed by atoms with Gasteiger partial charge in [0.05, 0.1) is 13.2 Å². The summed E-state index contributed by atoms with van der Waals surface area (Å²) in [6.07, 6.45) is 2.07. The van der Waals surface area contributed by atoms with E-state index in [1.165, 1.54) is 6.08 Å². The molecule has 12 heavy (non-hydrogen) atoms. The Labute approximate surface area is 72.4 Å². The highest BCUT2D eigenvalue weighted by molar-refractivity contribution is 5.85. The predicted molar refractivity (Wildman–Crippen MR) is 44.4 cm³/mol. The van der Waals surface area contributed by atoms with Crippen LogP contribution in [-0.2, 0) is 14.3 Å². The maximum absolute atomic E-state index is 10.8. The summed E-state index contributed by atoms with van der Waals surface area (Å²) >= 11 is 0. The van der Waals surface area contributed by atoms with Crippen molar-refractivity contribution in [3.8, 4) is 0 Å². The monoisotopic (exact) mass is 170 g/mol. The molecule has 3 nitrogen and oxygen atoms in total. The molecule has 0 aliphatic carbocycles. The zero-order valence-corrected chi connectivity index (χ0v) is 7.66. The molecule has 0 fully saturated rings. The second kappa shape index (κ2) is 3.61. The van der Waals surface area contributed by atoms with E-state index in [9.17, 15) is 4.79 Å². The van der Waals surface area contributed by atoms with Crippen molar-refractivity contribution >= 4 is 5.97 Å². The number of carbonyl (C=O) groups excluding carboxylic acids is 1. The van der Waals surface area contributed by atoms with Crippen molar-refractivity contribution in [2.24, 2.45) is 5.92 Å². The molecule has 1 unspecified atom stereocenters. The maximum atomic E-state index is 10.8. The molecular formula is C9H14O3. The van der Waals surface area contributed by atoms with Crippen LogP contribution in [0.3, 0.4) is 0 Å². The average Bonchev–Trinajstić information content (AvgIpc) is 2.29. The first-order valence-electron chi connectivity index (χ1n) is 4.09. The van der Waals surface area contributed by atoms with Crippen LogP contribution in [0.4, 0.5) is 0 Å². The predicted octanol–water partition coefficient (Wildman–Crippen LogP) is 1.49. The lowest BCUT2D eigenvalue weighted by Crippen LogP contribution is -2.15. The van der Waals surface area contributed by atoms with Crippen LogP contribution in [0.25, 0.3) is 0 Å². The van der Waals surface area contributed by atoms with E-state index in [1.807, 2.05) is 0 Å². The van der Waals surface area contributed by atoms with Crippen molar-refractivity contribution in [3.63, 3.8) is 0 Å². The first kappa shape index (κ1) is 9.10. The molecule has 0 N–H and O–H groups in total. The van der Waals surface area contributed by atoms with Crippen molar-refractivity contribution in [1.29, 1.82) is 0 Å². The molecule has 68 valence electrons. The summed E-state index contributed by atoms with van der Waals surface area (Å²) < 4.78 is 10.0. The zero-order valence-electron chi connectivity index (χ0n) is 7.66. The lowest BCUT2D eigenvalue weighted by atomic mass is 10.1. The summed E-state index contributed by atoms with van der Waals surface area (Å²) in [6.45, 7) is 4.17. The van der Waals surface area contributed by atoms with Gasteiger partial charge in [0.2, 0.25) is 0 Å². The standard InChI is InChI=1S/C9H14O3/c1-6(2)4-8-7(11-3)5-9(10)12-8/h5-6,8H,4H2,1-3H3. The quantitative estimate of drug-likeness (QED) is 0.602. The largest absolute Gasteiger partial charge is 0.497 e. The molecular weight excluding hydrogens is 156 g/mol. The highest BCUT2D eigenvalue weighted by Crippen LogP contribution is 2.22. The van der Waals surface area contributed by atoms with E-state index >= 15 is 0 Å². The fraction of sp³-hybridized carbons (Fsp3) is 0.667. The van der Waals surface area contributed by atoms with Gasteiger partial charge < -0.3 is 9.47 Å². The van der Waals surface area contributed by atoms with Crippen LogP contribution in [0.2, 0.25) is 0 Å². The Balaban J connectivity index is 2.56. The molecule has 0 aromatic carbocycles. The zero-order chi connectivity index (χ0) is 9.14. The number of rotatable bonds is 3. The summed E-state index contributed by atoms with van der Waals surface area (Å²) in [5.74, 6) is 0.852. The molecule has 0 radical (unpaired) electrons. The van der Waals surface area contributed by atoms with Crippen LogP contribution >= 0.6 is 0 Å². The molecule has 0 saturated heterocycles. The van der Waals surface area contributed by atoms with Crippen LogP contribution in [-0.4, -0.2) is 19.2 Å². The van der Waals surface area contributed by atoms with Gasteiger partial charge in [-0.25, -0.2) is 4.79 Å². The van der Waals surface area contributed by atoms with Gasteiger partial charge in [-0.2, -0.15) is 0 Å². The second-order valence-electron chi connectivity index (χ2n) is 3.31. The van der Waals surface area contributed by atoms with E-state index in [4.69, 9.17) is 9.47 Å². The van der Waals surface area contributed by atoms with Gasteiger partial charge in [-0.15, -0.1) is 0 Å². The molecule has 0 aromatic rings. The Hall–Kier alpha value is -0.990. The number of esters is 1. The number of methoxy groups -OCH3 is 1. The Kier molecular flexibility index (Phi) is 2.74. The van der Waals surface area contributed by atoms with Gasteiger partial charge in [0.1, 0.15) is 5.76 Å². The lowest BCUT2D eigenvalue weighted by molar-refractivity contribution is -0.139. The van der Waals surface area contributed by atoms with Gasteiger partial charge in [0.15, 0.2) is 6.10 Å². The highest BCUT2D eigenvalue weighted by Gasteiger charge is 2.27. The van der Waals surface area contributed by atoms with Gasteiger partial charge in [0, 0.05) is 0 Å². The van der Waals surface area contributed by atoms with E-state index < -0.39 is 0 Å². The number of ether oxygens (including phenoxy) is 2. The second-order valence-corrected chi connectivity index (χ2v) is 3.31. The Morgan fingerprint density at radius 3 is 2.83 bits per heavy atom. The maximum Gasteiger partial charge on any atom is 0.335 e. The van der Waals surface area contributed by atoms with E-state index in [0.717, 1.165) is 6.42 Å². The number of hydrogen-bond donors (Lipinski definition) is 0. The molecule has 0 saturated carbocycles. The fourth-order valence-electron chi connectivity index (χ4n) is 1.22. The molecule has 1 heterocycles. The minimum absolute atomic E-state index is 0.164. The summed E-state index contributed by atoms with van der Waals surface area (Å²) in [5, 5.41) is 0. The number of carbonyl (C=O) groups is 1. The van der Waals surface area contributed by atoms with Gasteiger partial charge in [0.25, 0.3) is 0 Å². The summed E-state index contributed by atoms with van der Waals surface area (Å²) in [4.78, 5) is 10.8. The van der Waals surface area contributed by atoms with E-state index in [0.29, 0.717) is 11.7 Å². The highest BCUT2D eigenvalue weighted by atomic mass is 16.6. The molecule has 0 aromatic heterocycles. The van der Waals surface area contributed by atoms with E-state index in [2.05, 4.69) is 13.8 Å². The Morgan fingerprint density at radius 2 is 2.33 bits per heavy atom.